The highest BCUT2D eigenvalue weighted by atomic mass is 16.5. The molecule has 0 spiro atoms. The number of nitrogens with two attached hydrogens (primary N) is 3. The molecule has 0 aliphatic heterocycles. The molecule has 27 heavy (non-hydrogen) atoms. The Hall–Kier alpha value is -1.91. The fraction of sp³-hybridized carbons (Fsp3) is 0.824. The minimum atomic E-state index is -0.890. The van der Waals surface area contributed by atoms with Crippen molar-refractivity contribution in [3.8, 4) is 0 Å². The van der Waals surface area contributed by atoms with Crippen LogP contribution in [0.25, 0.3) is 0 Å². The summed E-state index contributed by atoms with van der Waals surface area (Å²) >= 11 is 0. The van der Waals surface area contributed by atoms with Crippen LogP contribution in [0.4, 0.5) is 4.79 Å². The third-order valence-electron chi connectivity index (χ3n) is 3.82. The normalized spacial score (nSPS) is 10.4. The van der Waals surface area contributed by atoms with Gasteiger partial charge in [0, 0.05) is 6.54 Å². The van der Waals surface area contributed by atoms with E-state index in [1.165, 1.54) is 4.90 Å². The van der Waals surface area contributed by atoms with Crippen LogP contribution >= 0.6 is 0 Å². The van der Waals surface area contributed by atoms with Gasteiger partial charge in [0.1, 0.15) is 6.61 Å². The Kier molecular flexibility index (Phi) is 16.3. The molecule has 0 rings (SSSR count). The van der Waals surface area contributed by atoms with Crippen molar-refractivity contribution in [1.82, 2.24) is 15.5 Å². The van der Waals surface area contributed by atoms with Crippen LogP contribution in [-0.4, -0.2) is 75.2 Å². The van der Waals surface area contributed by atoms with Gasteiger partial charge in [-0.05, 0) is 45.3 Å². The van der Waals surface area contributed by atoms with Gasteiger partial charge in [-0.25, -0.2) is 4.79 Å². The second-order valence-electron chi connectivity index (χ2n) is 6.21. The lowest BCUT2D eigenvalue weighted by molar-refractivity contribution is -0.135. The summed E-state index contributed by atoms with van der Waals surface area (Å²) in [5.41, 5.74) is 15.8. The maximum Gasteiger partial charge on any atom is 0.404 e. The highest BCUT2D eigenvalue weighted by molar-refractivity contribution is 5.85. The van der Waals surface area contributed by atoms with E-state index in [4.69, 9.17) is 17.2 Å². The number of amides is 3. The summed E-state index contributed by atoms with van der Waals surface area (Å²) in [4.78, 5) is 36.4. The quantitative estimate of drug-likeness (QED) is 0.197. The molecule has 8 N–H and O–H groups in total. The summed E-state index contributed by atoms with van der Waals surface area (Å²) in [6.07, 6.45) is 4.65. The van der Waals surface area contributed by atoms with Gasteiger partial charge in [0.15, 0.2) is 0 Å². The first kappa shape index (κ1) is 25.1. The number of nitrogens with zero attached hydrogens (tertiary/aromatic N) is 1. The summed E-state index contributed by atoms with van der Waals surface area (Å²) in [7, 11) is 0. The summed E-state index contributed by atoms with van der Waals surface area (Å²) in [5, 5.41) is 5.71. The van der Waals surface area contributed by atoms with Crippen molar-refractivity contribution in [2.75, 3.05) is 52.4 Å². The largest absolute Gasteiger partial charge is 0.448 e. The third-order valence-corrected chi connectivity index (χ3v) is 3.82. The van der Waals surface area contributed by atoms with E-state index < -0.39 is 6.09 Å². The Balaban J connectivity index is 4.25. The van der Waals surface area contributed by atoms with Crippen LogP contribution in [0.2, 0.25) is 0 Å². The summed E-state index contributed by atoms with van der Waals surface area (Å²) < 4.78 is 4.54. The first-order valence-corrected chi connectivity index (χ1v) is 9.58. The zero-order valence-corrected chi connectivity index (χ0v) is 16.2. The SMILES string of the molecule is NCCCCCNCC(=O)N(CCCCCN)CC(=O)NCCOC(N)=O. The van der Waals surface area contributed by atoms with Crippen molar-refractivity contribution in [3.05, 3.63) is 0 Å². The zero-order chi connectivity index (χ0) is 20.3. The maximum absolute atomic E-state index is 12.4. The van der Waals surface area contributed by atoms with Crippen molar-refractivity contribution in [3.63, 3.8) is 0 Å². The van der Waals surface area contributed by atoms with Gasteiger partial charge in [-0.2, -0.15) is 0 Å². The fourth-order valence-electron chi connectivity index (χ4n) is 2.37. The molecule has 0 aliphatic carbocycles. The molecule has 0 saturated heterocycles. The van der Waals surface area contributed by atoms with E-state index in [0.29, 0.717) is 19.6 Å². The molecular weight excluding hydrogens is 352 g/mol. The van der Waals surface area contributed by atoms with Crippen LogP contribution in [0.5, 0.6) is 0 Å². The lowest BCUT2D eigenvalue weighted by Crippen LogP contribution is -2.45. The van der Waals surface area contributed by atoms with Gasteiger partial charge >= 0.3 is 6.09 Å². The molecule has 0 aromatic heterocycles. The Bertz CT molecular complexity index is 422. The Labute approximate surface area is 161 Å². The number of hydrogen-bond acceptors (Lipinski definition) is 7. The molecule has 0 saturated carbocycles. The average molecular weight is 389 g/mol. The molecule has 0 aliphatic rings. The van der Waals surface area contributed by atoms with Gasteiger partial charge in [0.2, 0.25) is 11.8 Å². The van der Waals surface area contributed by atoms with Crippen LogP contribution in [0, 0.1) is 0 Å². The van der Waals surface area contributed by atoms with E-state index in [0.717, 1.165) is 45.1 Å². The maximum atomic E-state index is 12.4. The minimum absolute atomic E-state index is 0.00409. The van der Waals surface area contributed by atoms with E-state index in [1.54, 1.807) is 0 Å². The lowest BCUT2D eigenvalue weighted by Gasteiger charge is -2.22. The van der Waals surface area contributed by atoms with Crippen molar-refractivity contribution in [2.24, 2.45) is 17.2 Å². The molecule has 0 bridgehead atoms. The van der Waals surface area contributed by atoms with Gasteiger partial charge in [-0.1, -0.05) is 12.8 Å². The van der Waals surface area contributed by atoms with Crippen LogP contribution < -0.4 is 27.8 Å². The number of carbonyl (C=O) groups excluding carboxylic acids is 3. The van der Waals surface area contributed by atoms with Crippen LogP contribution in [-0.2, 0) is 14.3 Å². The second-order valence-corrected chi connectivity index (χ2v) is 6.21. The lowest BCUT2D eigenvalue weighted by atomic mass is 10.2. The summed E-state index contributed by atoms with van der Waals surface area (Å²) in [6.45, 7) is 2.83. The molecule has 0 heterocycles. The number of unbranched alkanes of at least 4 members (excludes halogenated alkanes) is 4. The molecule has 3 amide bonds. The third kappa shape index (κ3) is 16.0. The fourth-order valence-corrected chi connectivity index (χ4v) is 2.37. The number of ether oxygens (including phenoxy) is 1. The summed E-state index contributed by atoms with van der Waals surface area (Å²) in [6, 6.07) is 0. The first-order valence-electron chi connectivity index (χ1n) is 9.58. The highest BCUT2D eigenvalue weighted by Crippen LogP contribution is 1.99. The highest BCUT2D eigenvalue weighted by Gasteiger charge is 2.16. The Morgan fingerprint density at radius 2 is 1.56 bits per heavy atom. The Morgan fingerprint density at radius 1 is 0.889 bits per heavy atom. The molecule has 0 radical (unpaired) electrons. The topological polar surface area (TPSA) is 166 Å². The average Bonchev–Trinajstić information content (AvgIpc) is 2.63. The predicted octanol–water partition coefficient (Wildman–Crippen LogP) is -1.13. The standard InChI is InChI=1S/C17H36N6O4/c18-7-3-1-5-9-21-13-16(25)23(11-6-2-4-8-19)14-15(24)22-10-12-27-17(20)26/h21H,1-14,18-19H2,(H2,20,26)(H,22,24). The van der Waals surface area contributed by atoms with Gasteiger partial charge in [0.25, 0.3) is 0 Å². The predicted molar refractivity (Wildman–Crippen MR) is 104 cm³/mol. The molecule has 10 nitrogen and oxygen atoms in total. The molecule has 0 atom stereocenters. The number of nitrogens with one attached hydrogen (secondary N) is 2. The first-order chi connectivity index (χ1) is 13.0. The van der Waals surface area contributed by atoms with Crippen molar-refractivity contribution in [1.29, 1.82) is 0 Å². The van der Waals surface area contributed by atoms with Crippen LogP contribution in [0.15, 0.2) is 0 Å². The molecule has 0 unspecified atom stereocenters. The van der Waals surface area contributed by atoms with Gasteiger partial charge in [-0.15, -0.1) is 0 Å². The van der Waals surface area contributed by atoms with E-state index in [9.17, 15) is 14.4 Å². The molecular formula is C17H36N6O4. The molecule has 0 aromatic rings. The second kappa shape index (κ2) is 17.5. The van der Waals surface area contributed by atoms with Crippen molar-refractivity contribution < 1.29 is 19.1 Å². The minimum Gasteiger partial charge on any atom is -0.448 e. The molecule has 0 aromatic carbocycles. The molecule has 0 fully saturated rings. The monoisotopic (exact) mass is 388 g/mol. The smallest absolute Gasteiger partial charge is 0.404 e. The zero-order valence-electron chi connectivity index (χ0n) is 16.2. The number of primary amides is 1. The van der Waals surface area contributed by atoms with Gasteiger partial charge in [0.05, 0.1) is 19.6 Å². The summed E-state index contributed by atoms with van der Waals surface area (Å²) in [5.74, 6) is -0.427. The van der Waals surface area contributed by atoms with E-state index in [2.05, 4.69) is 15.4 Å². The molecule has 158 valence electrons. The van der Waals surface area contributed by atoms with E-state index >= 15 is 0 Å². The van der Waals surface area contributed by atoms with Crippen LogP contribution in [0.3, 0.4) is 0 Å². The Morgan fingerprint density at radius 3 is 2.19 bits per heavy atom. The van der Waals surface area contributed by atoms with Crippen molar-refractivity contribution >= 4 is 17.9 Å². The van der Waals surface area contributed by atoms with Crippen molar-refractivity contribution in [2.45, 2.75) is 38.5 Å². The van der Waals surface area contributed by atoms with E-state index in [1.807, 2.05) is 0 Å². The van der Waals surface area contributed by atoms with Crippen LogP contribution in [0.1, 0.15) is 38.5 Å². The van der Waals surface area contributed by atoms with Gasteiger partial charge in [-0.3, -0.25) is 9.59 Å². The number of carbonyl (C=O) groups is 3. The van der Waals surface area contributed by atoms with E-state index in [-0.39, 0.29) is 38.1 Å². The number of hydrogen-bond donors (Lipinski definition) is 5. The number of rotatable bonds is 17. The van der Waals surface area contributed by atoms with Gasteiger partial charge < -0.3 is 37.5 Å². The molecule has 10 heteroatoms.